The van der Waals surface area contributed by atoms with E-state index in [0.717, 1.165) is 25.5 Å². The lowest BCUT2D eigenvalue weighted by molar-refractivity contribution is 0.102. The quantitative estimate of drug-likeness (QED) is 0.693. The summed E-state index contributed by atoms with van der Waals surface area (Å²) < 4.78 is 5.26. The van der Waals surface area contributed by atoms with Crippen molar-refractivity contribution in [2.75, 3.05) is 54.5 Å². The predicted molar refractivity (Wildman–Crippen MR) is 77.7 cm³/mol. The van der Waals surface area contributed by atoms with Crippen LogP contribution in [0.25, 0.3) is 0 Å². The number of likely N-dealkylation sites (tertiary alicyclic amines) is 1. The molecule has 1 rings (SSSR count). The second-order valence-corrected chi connectivity index (χ2v) is 6.43. The molecule has 1 aliphatic heterocycles. The Hall–Kier alpha value is -0.120. The summed E-state index contributed by atoms with van der Waals surface area (Å²) in [6.07, 6.45) is 4.96. The standard InChI is InChI=1S/C15H31N2O/c1-15(8-11-18-5,13-16(2)3)12-14-6-9-17(4)10-7-14/h14H,1,6-13H2,2-5H3. The van der Waals surface area contributed by atoms with Crippen LogP contribution < -0.4 is 0 Å². The summed E-state index contributed by atoms with van der Waals surface area (Å²) in [6, 6.07) is 0. The first-order valence-electron chi connectivity index (χ1n) is 7.13. The van der Waals surface area contributed by atoms with E-state index in [0.29, 0.717) is 0 Å². The Morgan fingerprint density at radius 1 is 1.33 bits per heavy atom. The van der Waals surface area contributed by atoms with Gasteiger partial charge in [0.2, 0.25) is 0 Å². The molecular weight excluding hydrogens is 224 g/mol. The third-order valence-electron chi connectivity index (χ3n) is 4.05. The van der Waals surface area contributed by atoms with Gasteiger partial charge in [0.15, 0.2) is 0 Å². The summed E-state index contributed by atoms with van der Waals surface area (Å²) in [5.41, 5.74) is 0.153. The van der Waals surface area contributed by atoms with Gasteiger partial charge < -0.3 is 14.5 Å². The van der Waals surface area contributed by atoms with Crippen molar-refractivity contribution in [2.24, 2.45) is 11.3 Å². The van der Waals surface area contributed by atoms with Crippen molar-refractivity contribution in [3.63, 3.8) is 0 Å². The fourth-order valence-corrected chi connectivity index (χ4v) is 3.11. The van der Waals surface area contributed by atoms with Crippen LogP contribution in [0.15, 0.2) is 0 Å². The van der Waals surface area contributed by atoms with Gasteiger partial charge in [0.05, 0.1) is 0 Å². The van der Waals surface area contributed by atoms with Gasteiger partial charge in [-0.05, 0) is 78.2 Å². The number of piperidine rings is 1. The molecule has 0 aromatic heterocycles. The van der Waals surface area contributed by atoms with Crippen molar-refractivity contribution in [3.8, 4) is 0 Å². The maximum Gasteiger partial charge on any atom is 0.0468 e. The Labute approximate surface area is 113 Å². The van der Waals surface area contributed by atoms with E-state index in [4.69, 9.17) is 4.74 Å². The van der Waals surface area contributed by atoms with Gasteiger partial charge in [0.1, 0.15) is 0 Å². The number of nitrogens with zero attached hydrogens (tertiary/aromatic N) is 2. The molecule has 107 valence electrons. The Balaban J connectivity index is 2.48. The third-order valence-corrected chi connectivity index (χ3v) is 4.05. The molecule has 1 aliphatic rings. The topological polar surface area (TPSA) is 15.7 Å². The highest BCUT2D eigenvalue weighted by atomic mass is 16.5. The Bertz CT molecular complexity index is 225. The van der Waals surface area contributed by atoms with E-state index in [9.17, 15) is 0 Å². The molecule has 1 unspecified atom stereocenters. The molecule has 1 atom stereocenters. The number of ether oxygens (including phenoxy) is 1. The number of methoxy groups -OCH3 is 1. The van der Waals surface area contributed by atoms with Crippen molar-refractivity contribution in [3.05, 3.63) is 6.92 Å². The van der Waals surface area contributed by atoms with Crippen molar-refractivity contribution in [1.82, 2.24) is 9.80 Å². The van der Waals surface area contributed by atoms with Crippen LogP contribution in [0.5, 0.6) is 0 Å². The summed E-state index contributed by atoms with van der Waals surface area (Å²) in [4.78, 5) is 4.69. The molecule has 0 saturated carbocycles. The van der Waals surface area contributed by atoms with E-state index in [1.54, 1.807) is 7.11 Å². The van der Waals surface area contributed by atoms with Crippen LogP contribution >= 0.6 is 0 Å². The van der Waals surface area contributed by atoms with E-state index in [2.05, 4.69) is 37.9 Å². The van der Waals surface area contributed by atoms with E-state index in [1.807, 2.05) is 0 Å². The monoisotopic (exact) mass is 255 g/mol. The fraction of sp³-hybridized carbons (Fsp3) is 0.933. The van der Waals surface area contributed by atoms with Crippen LogP contribution in [0.2, 0.25) is 0 Å². The van der Waals surface area contributed by atoms with Gasteiger partial charge in [0, 0.05) is 20.3 Å². The van der Waals surface area contributed by atoms with Gasteiger partial charge >= 0.3 is 0 Å². The number of hydrogen-bond donors (Lipinski definition) is 0. The largest absolute Gasteiger partial charge is 0.385 e. The summed E-state index contributed by atoms with van der Waals surface area (Å²) >= 11 is 0. The van der Waals surface area contributed by atoms with E-state index in [1.165, 1.54) is 32.4 Å². The van der Waals surface area contributed by atoms with Gasteiger partial charge in [-0.3, -0.25) is 0 Å². The minimum atomic E-state index is 0.153. The van der Waals surface area contributed by atoms with Gasteiger partial charge in [-0.15, -0.1) is 0 Å². The van der Waals surface area contributed by atoms with E-state index >= 15 is 0 Å². The van der Waals surface area contributed by atoms with Crippen molar-refractivity contribution >= 4 is 0 Å². The maximum atomic E-state index is 5.26. The Kier molecular flexibility index (Phi) is 6.61. The number of rotatable bonds is 7. The van der Waals surface area contributed by atoms with Crippen LogP contribution in [-0.4, -0.2) is 64.3 Å². The lowest BCUT2D eigenvalue weighted by Gasteiger charge is -2.38. The zero-order chi connectivity index (χ0) is 13.6. The minimum Gasteiger partial charge on any atom is -0.385 e. The van der Waals surface area contributed by atoms with Crippen LogP contribution in [0.3, 0.4) is 0 Å². The van der Waals surface area contributed by atoms with Gasteiger partial charge in [-0.1, -0.05) is 0 Å². The Morgan fingerprint density at radius 3 is 2.44 bits per heavy atom. The average molecular weight is 255 g/mol. The SMILES string of the molecule is [CH2]C(CCOC)(CC1CCN(C)CC1)CN(C)C. The highest BCUT2D eigenvalue weighted by Crippen LogP contribution is 2.34. The Morgan fingerprint density at radius 2 is 1.94 bits per heavy atom. The third kappa shape index (κ3) is 5.68. The summed E-state index contributed by atoms with van der Waals surface area (Å²) in [5, 5.41) is 0. The van der Waals surface area contributed by atoms with Crippen LogP contribution in [0.1, 0.15) is 25.7 Å². The van der Waals surface area contributed by atoms with Crippen molar-refractivity contribution < 1.29 is 4.74 Å². The first-order valence-corrected chi connectivity index (χ1v) is 7.13. The summed E-state index contributed by atoms with van der Waals surface area (Å²) in [6.45, 7) is 8.89. The smallest absolute Gasteiger partial charge is 0.0468 e. The molecule has 0 spiro atoms. The lowest BCUT2D eigenvalue weighted by Crippen LogP contribution is -2.37. The molecule has 0 bridgehead atoms. The maximum absolute atomic E-state index is 5.26. The highest BCUT2D eigenvalue weighted by molar-refractivity contribution is 4.88. The zero-order valence-corrected chi connectivity index (χ0v) is 12.7. The molecule has 0 aromatic rings. The molecule has 0 N–H and O–H groups in total. The van der Waals surface area contributed by atoms with Crippen LogP contribution in [0, 0.1) is 18.3 Å². The van der Waals surface area contributed by atoms with Crippen LogP contribution in [-0.2, 0) is 4.74 Å². The lowest BCUT2D eigenvalue weighted by atomic mass is 9.75. The highest BCUT2D eigenvalue weighted by Gasteiger charge is 2.30. The predicted octanol–water partition coefficient (Wildman–Crippen LogP) is 2.14. The van der Waals surface area contributed by atoms with E-state index < -0.39 is 0 Å². The molecule has 1 heterocycles. The van der Waals surface area contributed by atoms with E-state index in [-0.39, 0.29) is 5.41 Å². The molecule has 3 heteroatoms. The molecule has 1 fully saturated rings. The fourth-order valence-electron chi connectivity index (χ4n) is 3.11. The molecule has 0 amide bonds. The molecule has 0 aromatic carbocycles. The van der Waals surface area contributed by atoms with Gasteiger partial charge in [-0.25, -0.2) is 0 Å². The molecular formula is C15H31N2O. The first-order chi connectivity index (χ1) is 8.45. The minimum absolute atomic E-state index is 0.153. The van der Waals surface area contributed by atoms with Crippen LogP contribution in [0.4, 0.5) is 0 Å². The normalized spacial score (nSPS) is 22.3. The molecule has 3 nitrogen and oxygen atoms in total. The second-order valence-electron chi connectivity index (χ2n) is 6.43. The zero-order valence-electron chi connectivity index (χ0n) is 12.7. The molecule has 1 saturated heterocycles. The van der Waals surface area contributed by atoms with Crippen molar-refractivity contribution in [1.29, 1.82) is 0 Å². The first kappa shape index (κ1) is 15.9. The van der Waals surface area contributed by atoms with Gasteiger partial charge in [-0.2, -0.15) is 0 Å². The summed E-state index contributed by atoms with van der Waals surface area (Å²) in [5.74, 6) is 0.843. The molecule has 1 radical (unpaired) electrons. The van der Waals surface area contributed by atoms with Crippen molar-refractivity contribution in [2.45, 2.75) is 25.7 Å². The molecule has 18 heavy (non-hydrogen) atoms. The second kappa shape index (κ2) is 7.46. The average Bonchev–Trinajstić information content (AvgIpc) is 2.29. The number of hydrogen-bond acceptors (Lipinski definition) is 3. The molecule has 0 aliphatic carbocycles. The summed E-state index contributed by atoms with van der Waals surface area (Å²) in [7, 11) is 8.28. The van der Waals surface area contributed by atoms with Gasteiger partial charge in [0.25, 0.3) is 0 Å².